The zero-order valence-corrected chi connectivity index (χ0v) is 11.6. The van der Waals surface area contributed by atoms with E-state index in [0.717, 1.165) is 18.2 Å². The monoisotopic (exact) mass is 306 g/mol. The number of ether oxygens (including phenoxy) is 2. The van der Waals surface area contributed by atoms with Crippen LogP contribution in [0.4, 0.5) is 8.78 Å². The molecule has 0 atom stereocenters. The van der Waals surface area contributed by atoms with E-state index < -0.39 is 17.6 Å². The topological polar surface area (TPSA) is 52.6 Å². The van der Waals surface area contributed by atoms with Crippen molar-refractivity contribution in [2.45, 2.75) is 6.92 Å². The summed E-state index contributed by atoms with van der Waals surface area (Å²) in [6.45, 7) is 2.03. The Morgan fingerprint density at radius 3 is 2.50 bits per heavy atom. The van der Waals surface area contributed by atoms with Gasteiger partial charge in [0.05, 0.1) is 12.2 Å². The van der Waals surface area contributed by atoms with Crippen molar-refractivity contribution in [1.82, 2.24) is 0 Å². The third-order valence-electron chi connectivity index (χ3n) is 2.76. The molecule has 22 heavy (non-hydrogen) atoms. The van der Waals surface area contributed by atoms with Gasteiger partial charge in [-0.15, -0.1) is 0 Å². The van der Waals surface area contributed by atoms with Crippen molar-refractivity contribution in [3.8, 4) is 11.5 Å². The number of rotatable bonds is 5. The van der Waals surface area contributed by atoms with Gasteiger partial charge in [0.2, 0.25) is 0 Å². The lowest BCUT2D eigenvalue weighted by atomic mass is 10.2. The number of benzene rings is 2. The van der Waals surface area contributed by atoms with E-state index in [-0.39, 0.29) is 17.1 Å². The lowest BCUT2D eigenvalue weighted by Gasteiger charge is -2.11. The van der Waals surface area contributed by atoms with Gasteiger partial charge < -0.3 is 9.47 Å². The Balaban J connectivity index is 2.27. The van der Waals surface area contributed by atoms with E-state index in [1.807, 2.05) is 0 Å². The Morgan fingerprint density at radius 1 is 1.09 bits per heavy atom. The first-order chi connectivity index (χ1) is 10.5. The Hall–Kier alpha value is -2.76. The van der Waals surface area contributed by atoms with Crippen molar-refractivity contribution in [3.05, 3.63) is 59.2 Å². The van der Waals surface area contributed by atoms with Crippen molar-refractivity contribution in [2.75, 3.05) is 6.61 Å². The second kappa shape index (κ2) is 6.80. The summed E-state index contributed by atoms with van der Waals surface area (Å²) in [4.78, 5) is 22.7. The first-order valence-electron chi connectivity index (χ1n) is 6.44. The highest BCUT2D eigenvalue weighted by Crippen LogP contribution is 2.29. The lowest BCUT2D eigenvalue weighted by Crippen LogP contribution is -2.10. The number of hydrogen-bond acceptors (Lipinski definition) is 4. The van der Waals surface area contributed by atoms with Crippen LogP contribution in [-0.4, -0.2) is 18.9 Å². The average molecular weight is 306 g/mol. The number of carbonyl (C=O) groups excluding carboxylic acids is 2. The third-order valence-corrected chi connectivity index (χ3v) is 2.76. The van der Waals surface area contributed by atoms with Gasteiger partial charge in [-0.2, -0.15) is 0 Å². The van der Waals surface area contributed by atoms with Gasteiger partial charge in [0.1, 0.15) is 6.29 Å². The summed E-state index contributed by atoms with van der Waals surface area (Å²) in [5.41, 5.74) is 0.219. The predicted molar refractivity (Wildman–Crippen MR) is 74.3 cm³/mol. The van der Waals surface area contributed by atoms with Crippen molar-refractivity contribution in [2.24, 2.45) is 0 Å². The highest BCUT2D eigenvalue weighted by molar-refractivity contribution is 5.91. The highest BCUT2D eigenvalue weighted by Gasteiger charge is 2.15. The van der Waals surface area contributed by atoms with E-state index in [9.17, 15) is 18.4 Å². The SMILES string of the molecule is CCOc1cc(C=O)ccc1OC(=O)c1ccc(F)c(F)c1. The molecule has 0 radical (unpaired) electrons. The third kappa shape index (κ3) is 3.46. The highest BCUT2D eigenvalue weighted by atomic mass is 19.2. The maximum absolute atomic E-state index is 13.1. The fraction of sp³-hybridized carbons (Fsp3) is 0.125. The van der Waals surface area contributed by atoms with Crippen LogP contribution >= 0.6 is 0 Å². The fourth-order valence-corrected chi connectivity index (χ4v) is 1.73. The summed E-state index contributed by atoms with van der Waals surface area (Å²) in [7, 11) is 0. The van der Waals surface area contributed by atoms with Crippen LogP contribution in [0.5, 0.6) is 11.5 Å². The van der Waals surface area contributed by atoms with Crippen LogP contribution in [0.25, 0.3) is 0 Å². The molecule has 0 spiro atoms. The Kier molecular flexibility index (Phi) is 4.83. The lowest BCUT2D eigenvalue weighted by molar-refractivity contribution is 0.0727. The van der Waals surface area contributed by atoms with E-state index in [4.69, 9.17) is 9.47 Å². The quantitative estimate of drug-likeness (QED) is 0.483. The summed E-state index contributed by atoms with van der Waals surface area (Å²) in [5, 5.41) is 0. The molecule has 0 amide bonds. The average Bonchev–Trinajstić information content (AvgIpc) is 2.51. The molecule has 0 fully saturated rings. The van der Waals surface area contributed by atoms with Crippen LogP contribution in [-0.2, 0) is 0 Å². The minimum absolute atomic E-state index is 0.0854. The smallest absolute Gasteiger partial charge is 0.343 e. The van der Waals surface area contributed by atoms with Crippen LogP contribution in [0.15, 0.2) is 36.4 Å². The zero-order chi connectivity index (χ0) is 16.1. The van der Waals surface area contributed by atoms with Gasteiger partial charge in [-0.05, 0) is 43.3 Å². The van der Waals surface area contributed by atoms with Crippen LogP contribution < -0.4 is 9.47 Å². The molecule has 2 aromatic carbocycles. The normalized spacial score (nSPS) is 10.1. The predicted octanol–water partition coefficient (Wildman–Crippen LogP) is 3.40. The van der Waals surface area contributed by atoms with E-state index in [2.05, 4.69) is 0 Å². The molecule has 0 saturated heterocycles. The molecule has 0 saturated carbocycles. The van der Waals surface area contributed by atoms with Crippen molar-refractivity contribution in [3.63, 3.8) is 0 Å². The Morgan fingerprint density at radius 2 is 1.86 bits per heavy atom. The molecule has 114 valence electrons. The van der Waals surface area contributed by atoms with Crippen LogP contribution in [0, 0.1) is 11.6 Å². The van der Waals surface area contributed by atoms with Crippen molar-refractivity contribution in [1.29, 1.82) is 0 Å². The van der Waals surface area contributed by atoms with Crippen LogP contribution in [0.1, 0.15) is 27.6 Å². The van der Waals surface area contributed by atoms with Gasteiger partial charge in [0.25, 0.3) is 0 Å². The van der Waals surface area contributed by atoms with Gasteiger partial charge in [-0.25, -0.2) is 13.6 Å². The molecule has 0 unspecified atom stereocenters. The molecule has 6 heteroatoms. The molecule has 0 N–H and O–H groups in total. The van der Waals surface area contributed by atoms with Gasteiger partial charge >= 0.3 is 5.97 Å². The van der Waals surface area contributed by atoms with Gasteiger partial charge in [-0.1, -0.05) is 0 Å². The van der Waals surface area contributed by atoms with Gasteiger partial charge in [0.15, 0.2) is 23.1 Å². The standard InChI is InChI=1S/C16H12F2O4/c1-2-21-15-7-10(9-19)3-6-14(15)22-16(20)11-4-5-12(17)13(18)8-11/h3-9H,2H2,1H3. The fourth-order valence-electron chi connectivity index (χ4n) is 1.73. The number of carbonyl (C=O) groups is 2. The molecule has 0 aromatic heterocycles. The maximum atomic E-state index is 13.1. The van der Waals surface area contributed by atoms with Gasteiger partial charge in [-0.3, -0.25) is 4.79 Å². The molecule has 2 aromatic rings. The summed E-state index contributed by atoms with van der Waals surface area (Å²) in [6, 6.07) is 6.96. The molecule has 0 aliphatic rings. The molecule has 0 aliphatic carbocycles. The van der Waals surface area contributed by atoms with E-state index in [1.165, 1.54) is 18.2 Å². The van der Waals surface area contributed by atoms with E-state index in [1.54, 1.807) is 6.92 Å². The number of hydrogen-bond donors (Lipinski definition) is 0. The molecule has 2 rings (SSSR count). The molecule has 4 nitrogen and oxygen atoms in total. The van der Waals surface area contributed by atoms with Crippen molar-refractivity contribution >= 4 is 12.3 Å². The minimum Gasteiger partial charge on any atom is -0.490 e. The van der Waals surface area contributed by atoms with Crippen LogP contribution in [0.3, 0.4) is 0 Å². The summed E-state index contributed by atoms with van der Waals surface area (Å²) >= 11 is 0. The first-order valence-corrected chi connectivity index (χ1v) is 6.44. The molecule has 0 aliphatic heterocycles. The first kappa shape index (κ1) is 15.6. The van der Waals surface area contributed by atoms with Gasteiger partial charge in [0, 0.05) is 5.56 Å². The Labute approximate surface area is 125 Å². The summed E-state index contributed by atoms with van der Waals surface area (Å²) in [5.74, 6) is -2.76. The van der Waals surface area contributed by atoms with E-state index >= 15 is 0 Å². The summed E-state index contributed by atoms with van der Waals surface area (Å²) in [6.07, 6.45) is 0.628. The number of esters is 1. The summed E-state index contributed by atoms with van der Waals surface area (Å²) < 4.78 is 36.4. The zero-order valence-electron chi connectivity index (χ0n) is 11.6. The molecular formula is C16H12F2O4. The van der Waals surface area contributed by atoms with E-state index in [0.29, 0.717) is 18.5 Å². The number of aldehydes is 1. The Bertz CT molecular complexity index is 713. The largest absolute Gasteiger partial charge is 0.490 e. The number of halogens is 2. The molecule has 0 bridgehead atoms. The molecule has 0 heterocycles. The van der Waals surface area contributed by atoms with Crippen molar-refractivity contribution < 1.29 is 27.8 Å². The minimum atomic E-state index is -1.14. The second-order valence-corrected chi connectivity index (χ2v) is 4.28. The molecular weight excluding hydrogens is 294 g/mol. The maximum Gasteiger partial charge on any atom is 0.343 e. The van der Waals surface area contributed by atoms with Crippen LogP contribution in [0.2, 0.25) is 0 Å². The second-order valence-electron chi connectivity index (χ2n) is 4.28.